The number of rotatable bonds is 10. The number of amides is 4. The second kappa shape index (κ2) is 17.7. The van der Waals surface area contributed by atoms with Gasteiger partial charge in [-0.1, -0.05) is 44.2 Å². The zero-order valence-electron chi connectivity index (χ0n) is 36.0. The van der Waals surface area contributed by atoms with Gasteiger partial charge in [0, 0.05) is 48.2 Å². The molecule has 4 N–H and O–H groups in total. The Balaban J connectivity index is 0.916. The van der Waals surface area contributed by atoms with E-state index in [1.54, 1.807) is 0 Å². The average Bonchev–Trinajstić information content (AvgIpc) is 4.16. The van der Waals surface area contributed by atoms with Gasteiger partial charge in [-0.3, -0.25) is 9.59 Å². The number of nitrogens with zero attached hydrogens (tertiary/aromatic N) is 5. The summed E-state index contributed by atoms with van der Waals surface area (Å²) in [4.78, 5) is 77.6. The Bertz CT molecular complexity index is 2690. The molecule has 3 saturated heterocycles. The summed E-state index contributed by atoms with van der Waals surface area (Å²) in [7, 11) is 2.60. The van der Waals surface area contributed by atoms with Crippen LogP contribution in [-0.4, -0.2) is 111 Å². The van der Waals surface area contributed by atoms with Crippen LogP contribution in [0.25, 0.3) is 55.2 Å². The Kier molecular flexibility index (Phi) is 11.7. The molecule has 0 spiro atoms. The number of methoxy groups -OCH3 is 2. The zero-order chi connectivity index (χ0) is 43.8. The first-order valence-electron chi connectivity index (χ1n) is 21.9. The van der Waals surface area contributed by atoms with Gasteiger partial charge >= 0.3 is 12.2 Å². The third kappa shape index (κ3) is 8.26. The van der Waals surface area contributed by atoms with Crippen molar-refractivity contribution in [2.75, 3.05) is 40.5 Å². The number of ether oxygens (including phenoxy) is 3. The van der Waals surface area contributed by atoms with E-state index in [0.717, 1.165) is 86.7 Å². The topological polar surface area (TPSA) is 197 Å². The number of carbonyl (C=O) groups is 4. The Labute approximate surface area is 364 Å². The molecule has 0 saturated carbocycles. The van der Waals surface area contributed by atoms with E-state index in [-0.39, 0.29) is 35.7 Å². The molecule has 63 heavy (non-hydrogen) atoms. The number of aromatic nitrogens is 5. The van der Waals surface area contributed by atoms with Gasteiger partial charge in [0.05, 0.1) is 60.4 Å². The first kappa shape index (κ1) is 41.8. The molecule has 4 amide bonds. The molecule has 16 heteroatoms. The molecule has 328 valence electrons. The second-order valence-electron chi connectivity index (χ2n) is 17.1. The zero-order valence-corrected chi connectivity index (χ0v) is 36.0. The fraction of sp³-hybridized carbons (Fsp3) is 0.426. The number of H-pyrrole nitrogens is 2. The van der Waals surface area contributed by atoms with Crippen LogP contribution in [0.15, 0.2) is 66.9 Å². The monoisotopic (exact) mass is 855 g/mol. The molecule has 0 bridgehead atoms. The minimum Gasteiger partial charge on any atom is -0.453 e. The summed E-state index contributed by atoms with van der Waals surface area (Å²) in [6.07, 6.45) is 5.16. The molecular formula is C47H53N9O7. The van der Waals surface area contributed by atoms with Crippen molar-refractivity contribution in [3.05, 3.63) is 78.5 Å². The lowest BCUT2D eigenvalue weighted by molar-refractivity contribution is -0.137. The Morgan fingerprint density at radius 1 is 0.730 bits per heavy atom. The smallest absolute Gasteiger partial charge is 0.407 e. The molecule has 16 nitrogen and oxygen atoms in total. The number of benzene rings is 3. The van der Waals surface area contributed by atoms with E-state index in [1.807, 2.05) is 54.1 Å². The van der Waals surface area contributed by atoms with Gasteiger partial charge in [-0.15, -0.1) is 0 Å². The molecule has 0 unspecified atom stereocenters. The molecule has 3 fully saturated rings. The van der Waals surface area contributed by atoms with Crippen molar-refractivity contribution < 1.29 is 33.4 Å². The number of fused-ring (bicyclic) bond motifs is 4. The van der Waals surface area contributed by atoms with E-state index in [1.165, 1.54) is 14.2 Å². The molecule has 3 aliphatic rings. The highest BCUT2D eigenvalue weighted by Crippen LogP contribution is 2.37. The van der Waals surface area contributed by atoms with Crippen molar-refractivity contribution in [1.29, 1.82) is 0 Å². The lowest BCUT2D eigenvalue weighted by Crippen LogP contribution is -2.53. The highest BCUT2D eigenvalue weighted by atomic mass is 16.5. The number of likely N-dealkylation sites (tertiary alicyclic amines) is 2. The molecule has 3 aromatic heterocycles. The molecule has 3 aliphatic heterocycles. The van der Waals surface area contributed by atoms with Gasteiger partial charge in [0.25, 0.3) is 0 Å². The highest BCUT2D eigenvalue weighted by molar-refractivity contribution is 6.05. The van der Waals surface area contributed by atoms with Gasteiger partial charge < -0.3 is 44.6 Å². The van der Waals surface area contributed by atoms with Crippen LogP contribution in [0.4, 0.5) is 9.59 Å². The van der Waals surface area contributed by atoms with Crippen molar-refractivity contribution in [3.63, 3.8) is 0 Å². The molecular weight excluding hydrogens is 803 g/mol. The summed E-state index contributed by atoms with van der Waals surface area (Å²) >= 11 is 0. The van der Waals surface area contributed by atoms with Crippen LogP contribution in [0.1, 0.15) is 76.1 Å². The van der Waals surface area contributed by atoms with Gasteiger partial charge in [-0.25, -0.2) is 24.5 Å². The van der Waals surface area contributed by atoms with Crippen LogP contribution in [-0.2, 0) is 23.8 Å². The van der Waals surface area contributed by atoms with E-state index in [0.29, 0.717) is 45.0 Å². The number of carbonyl (C=O) groups excluding carboxylic acids is 4. The van der Waals surface area contributed by atoms with E-state index in [9.17, 15) is 19.2 Å². The summed E-state index contributed by atoms with van der Waals surface area (Å²) in [6, 6.07) is 18.7. The van der Waals surface area contributed by atoms with Crippen LogP contribution in [0.2, 0.25) is 0 Å². The minimum absolute atomic E-state index is 0.0353. The quantitative estimate of drug-likeness (QED) is 0.110. The predicted molar refractivity (Wildman–Crippen MR) is 236 cm³/mol. The van der Waals surface area contributed by atoms with Gasteiger partial charge in [-0.2, -0.15) is 0 Å². The molecule has 6 aromatic rings. The van der Waals surface area contributed by atoms with Crippen molar-refractivity contribution in [2.24, 2.45) is 11.8 Å². The fourth-order valence-electron chi connectivity index (χ4n) is 9.55. The van der Waals surface area contributed by atoms with Crippen LogP contribution in [0, 0.1) is 11.8 Å². The predicted octanol–water partition coefficient (Wildman–Crippen LogP) is 7.18. The van der Waals surface area contributed by atoms with Crippen LogP contribution < -0.4 is 10.6 Å². The highest BCUT2D eigenvalue weighted by Gasteiger charge is 2.41. The van der Waals surface area contributed by atoms with Gasteiger partial charge in [0.2, 0.25) is 11.8 Å². The summed E-state index contributed by atoms with van der Waals surface area (Å²) < 4.78 is 15.2. The standard InChI is InChI=1S/C47H53N9O7/c1-26(2)39(53-46(59)61-3)44(57)56-20-6-8-38(56)43-50-35-16-10-28-23-29(9-13-32(28)41(35)52-43)33-14-11-30-24-31(12-15-34(30)49-33)36-25-48-42(51-36)37-7-5-19-55(37)45(58)40(54-47(60)62-4)27-17-21-63-22-18-27/h9-16,23-27,37-40H,5-8,17-22H2,1-4H3,(H,48,51)(H,50,52)(H,53,59)(H,54,60)/t37-,38-,39-,40-/m0/s1. The summed E-state index contributed by atoms with van der Waals surface area (Å²) in [5.41, 5.74) is 6.20. The fourth-order valence-corrected chi connectivity index (χ4v) is 9.55. The number of nitrogens with one attached hydrogen (secondary N) is 4. The Morgan fingerprint density at radius 3 is 2.14 bits per heavy atom. The first-order valence-corrected chi connectivity index (χ1v) is 21.9. The molecule has 3 aromatic carbocycles. The van der Waals surface area contributed by atoms with Crippen molar-refractivity contribution in [3.8, 4) is 22.5 Å². The minimum atomic E-state index is -0.702. The Morgan fingerprint density at radius 2 is 1.40 bits per heavy atom. The number of alkyl carbamates (subject to hydrolysis) is 2. The first-order chi connectivity index (χ1) is 30.6. The molecule has 6 heterocycles. The lowest BCUT2D eigenvalue weighted by Gasteiger charge is -2.34. The molecule has 0 radical (unpaired) electrons. The third-order valence-corrected chi connectivity index (χ3v) is 12.9. The molecule has 9 rings (SSSR count). The van der Waals surface area contributed by atoms with E-state index in [4.69, 9.17) is 29.2 Å². The number of aromatic amines is 2. The summed E-state index contributed by atoms with van der Waals surface area (Å²) in [5, 5.41) is 8.56. The summed E-state index contributed by atoms with van der Waals surface area (Å²) in [5.74, 6) is 1.03. The Hall–Kier alpha value is -6.55. The average molecular weight is 856 g/mol. The number of imidazole rings is 2. The van der Waals surface area contributed by atoms with Crippen molar-refractivity contribution in [1.82, 2.24) is 45.4 Å². The van der Waals surface area contributed by atoms with Crippen molar-refractivity contribution >= 4 is 56.7 Å². The maximum atomic E-state index is 14.0. The number of pyridine rings is 1. The van der Waals surface area contributed by atoms with E-state index in [2.05, 4.69) is 57.0 Å². The third-order valence-electron chi connectivity index (χ3n) is 12.9. The largest absolute Gasteiger partial charge is 0.453 e. The molecule has 4 atom stereocenters. The molecule has 0 aliphatic carbocycles. The van der Waals surface area contributed by atoms with E-state index >= 15 is 0 Å². The number of hydrogen-bond donors (Lipinski definition) is 4. The van der Waals surface area contributed by atoms with E-state index < -0.39 is 24.3 Å². The maximum absolute atomic E-state index is 14.0. The van der Waals surface area contributed by atoms with Crippen LogP contribution in [0.3, 0.4) is 0 Å². The van der Waals surface area contributed by atoms with Gasteiger partial charge in [0.1, 0.15) is 23.7 Å². The lowest BCUT2D eigenvalue weighted by atomic mass is 9.90. The summed E-state index contributed by atoms with van der Waals surface area (Å²) in [6.45, 7) is 6.09. The van der Waals surface area contributed by atoms with Crippen LogP contribution in [0.5, 0.6) is 0 Å². The second-order valence-corrected chi connectivity index (χ2v) is 17.1. The van der Waals surface area contributed by atoms with Gasteiger partial charge in [0.15, 0.2) is 0 Å². The van der Waals surface area contributed by atoms with Crippen molar-refractivity contribution in [2.45, 2.75) is 76.5 Å². The number of hydrogen-bond acceptors (Lipinski definition) is 10. The van der Waals surface area contributed by atoms with Gasteiger partial charge in [-0.05, 0) is 86.1 Å². The van der Waals surface area contributed by atoms with Crippen LogP contribution >= 0.6 is 0 Å². The maximum Gasteiger partial charge on any atom is 0.407 e. The SMILES string of the molecule is COC(=O)N[C@H](C(=O)N1CCC[C@H]1c1nc2ccc3cc(-c4ccc5cc(-c6cnc([C@@H]7CCCN7C(=O)[C@@H](NC(=O)OC)C7CCOCC7)[nH]6)ccc5n4)ccc3c2[nH]1)C(C)C. The normalized spacial score (nSPS) is 19.2.